The van der Waals surface area contributed by atoms with E-state index in [0.717, 1.165) is 25.9 Å². The SMILES string of the molecule is Cl.O=C1c2cccc(F)c2CN1[C@@H]1CCCNC1. The number of benzene rings is 1. The zero-order valence-corrected chi connectivity index (χ0v) is 10.8. The van der Waals surface area contributed by atoms with Crippen LogP contribution in [0.25, 0.3) is 0 Å². The molecule has 3 nitrogen and oxygen atoms in total. The smallest absolute Gasteiger partial charge is 0.254 e. The average Bonchev–Trinajstić information content (AvgIpc) is 2.70. The molecule has 2 heterocycles. The number of fused-ring (bicyclic) bond motifs is 1. The fraction of sp³-hybridized carbons (Fsp3) is 0.462. The summed E-state index contributed by atoms with van der Waals surface area (Å²) < 4.78 is 13.6. The second-order valence-corrected chi connectivity index (χ2v) is 4.70. The van der Waals surface area contributed by atoms with E-state index in [4.69, 9.17) is 0 Å². The zero-order chi connectivity index (χ0) is 11.8. The van der Waals surface area contributed by atoms with Crippen molar-refractivity contribution in [2.24, 2.45) is 0 Å². The number of halogens is 2. The molecule has 0 bridgehead atoms. The van der Waals surface area contributed by atoms with E-state index in [2.05, 4.69) is 5.32 Å². The maximum Gasteiger partial charge on any atom is 0.254 e. The topological polar surface area (TPSA) is 32.3 Å². The van der Waals surface area contributed by atoms with Crippen LogP contribution in [0.2, 0.25) is 0 Å². The van der Waals surface area contributed by atoms with Gasteiger partial charge in [0.2, 0.25) is 0 Å². The number of rotatable bonds is 1. The van der Waals surface area contributed by atoms with Gasteiger partial charge in [-0.1, -0.05) is 6.07 Å². The van der Waals surface area contributed by atoms with E-state index in [9.17, 15) is 9.18 Å². The molecule has 0 unspecified atom stereocenters. The first kappa shape index (κ1) is 13.3. The lowest BCUT2D eigenvalue weighted by Gasteiger charge is -2.31. The molecule has 0 spiro atoms. The molecule has 1 N–H and O–H groups in total. The molecule has 0 aromatic heterocycles. The number of nitrogens with one attached hydrogen (secondary N) is 1. The number of nitrogens with zero attached hydrogens (tertiary/aromatic N) is 1. The van der Waals surface area contributed by atoms with Crippen molar-refractivity contribution in [3.8, 4) is 0 Å². The summed E-state index contributed by atoms with van der Waals surface area (Å²) in [6.07, 6.45) is 2.08. The maximum absolute atomic E-state index is 13.6. The molecule has 1 fully saturated rings. The molecule has 1 aromatic rings. The molecule has 1 atom stereocenters. The molecule has 2 aliphatic heterocycles. The number of hydrogen-bond donors (Lipinski definition) is 1. The Bertz CT molecular complexity index is 460. The summed E-state index contributed by atoms with van der Waals surface area (Å²) in [4.78, 5) is 14.0. The van der Waals surface area contributed by atoms with E-state index >= 15 is 0 Å². The van der Waals surface area contributed by atoms with Gasteiger partial charge in [0.25, 0.3) is 5.91 Å². The third-order valence-electron chi connectivity index (χ3n) is 3.65. The highest BCUT2D eigenvalue weighted by molar-refractivity contribution is 5.98. The van der Waals surface area contributed by atoms with Gasteiger partial charge in [-0.25, -0.2) is 4.39 Å². The van der Waals surface area contributed by atoms with Crippen molar-refractivity contribution in [1.29, 1.82) is 0 Å². The number of hydrogen-bond acceptors (Lipinski definition) is 2. The van der Waals surface area contributed by atoms with Crippen molar-refractivity contribution in [2.45, 2.75) is 25.4 Å². The van der Waals surface area contributed by atoms with Crippen LogP contribution >= 0.6 is 12.4 Å². The van der Waals surface area contributed by atoms with Gasteiger partial charge < -0.3 is 10.2 Å². The van der Waals surface area contributed by atoms with Crippen molar-refractivity contribution < 1.29 is 9.18 Å². The number of carbonyl (C=O) groups excluding carboxylic acids is 1. The summed E-state index contributed by atoms with van der Waals surface area (Å²) in [6.45, 7) is 2.26. The molecule has 0 saturated carbocycles. The largest absolute Gasteiger partial charge is 0.330 e. The van der Waals surface area contributed by atoms with Crippen molar-refractivity contribution in [2.75, 3.05) is 13.1 Å². The molecule has 3 rings (SSSR count). The van der Waals surface area contributed by atoms with Gasteiger partial charge in [-0.2, -0.15) is 0 Å². The Hall–Kier alpha value is -1.13. The quantitative estimate of drug-likeness (QED) is 0.846. The Balaban J connectivity index is 0.00000120. The van der Waals surface area contributed by atoms with Crippen molar-refractivity contribution >= 4 is 18.3 Å². The Morgan fingerprint density at radius 3 is 2.89 bits per heavy atom. The second kappa shape index (κ2) is 5.24. The van der Waals surface area contributed by atoms with Crippen LogP contribution in [0.4, 0.5) is 4.39 Å². The first-order valence-electron chi connectivity index (χ1n) is 6.06. The van der Waals surface area contributed by atoms with Crippen molar-refractivity contribution in [1.82, 2.24) is 10.2 Å². The highest BCUT2D eigenvalue weighted by atomic mass is 35.5. The Kier molecular flexibility index (Phi) is 3.88. The maximum atomic E-state index is 13.6. The predicted octanol–water partition coefficient (Wildman–Crippen LogP) is 1.96. The van der Waals surface area contributed by atoms with Gasteiger partial charge >= 0.3 is 0 Å². The average molecular weight is 271 g/mol. The fourth-order valence-corrected chi connectivity index (χ4v) is 2.71. The number of amides is 1. The second-order valence-electron chi connectivity index (χ2n) is 4.70. The summed E-state index contributed by atoms with van der Waals surface area (Å²) in [5.74, 6) is -0.282. The Morgan fingerprint density at radius 1 is 1.39 bits per heavy atom. The fourth-order valence-electron chi connectivity index (χ4n) is 2.71. The lowest BCUT2D eigenvalue weighted by atomic mass is 10.1. The minimum Gasteiger partial charge on any atom is -0.330 e. The molecule has 2 aliphatic rings. The highest BCUT2D eigenvalue weighted by Crippen LogP contribution is 2.28. The van der Waals surface area contributed by atoms with E-state index in [1.54, 1.807) is 17.0 Å². The molecule has 1 aromatic carbocycles. The van der Waals surface area contributed by atoms with Gasteiger partial charge in [0, 0.05) is 23.7 Å². The van der Waals surface area contributed by atoms with Crippen LogP contribution in [0.1, 0.15) is 28.8 Å². The summed E-state index contributed by atoms with van der Waals surface area (Å²) >= 11 is 0. The minimum absolute atomic E-state index is 0. The van der Waals surface area contributed by atoms with E-state index in [0.29, 0.717) is 17.7 Å². The number of carbonyl (C=O) groups is 1. The number of piperidine rings is 1. The van der Waals surface area contributed by atoms with E-state index in [-0.39, 0.29) is 30.2 Å². The molecule has 18 heavy (non-hydrogen) atoms. The van der Waals surface area contributed by atoms with Crippen LogP contribution in [-0.4, -0.2) is 29.9 Å². The Morgan fingerprint density at radius 2 is 2.22 bits per heavy atom. The first-order chi connectivity index (χ1) is 8.27. The molecular weight excluding hydrogens is 255 g/mol. The van der Waals surface area contributed by atoms with Crippen molar-refractivity contribution in [3.63, 3.8) is 0 Å². The normalized spacial score (nSPS) is 22.6. The van der Waals surface area contributed by atoms with Crippen LogP contribution in [0, 0.1) is 5.82 Å². The molecule has 1 saturated heterocycles. The highest BCUT2D eigenvalue weighted by Gasteiger charge is 2.34. The van der Waals surface area contributed by atoms with Gasteiger partial charge in [-0.15, -0.1) is 12.4 Å². The summed E-state index contributed by atoms with van der Waals surface area (Å²) in [5, 5.41) is 3.29. The van der Waals surface area contributed by atoms with Gasteiger partial charge in [-0.3, -0.25) is 4.79 Å². The minimum atomic E-state index is -0.262. The summed E-state index contributed by atoms with van der Waals surface area (Å²) in [6, 6.07) is 4.96. The van der Waals surface area contributed by atoms with Crippen LogP contribution < -0.4 is 5.32 Å². The molecular formula is C13H16ClFN2O. The van der Waals surface area contributed by atoms with Crippen molar-refractivity contribution in [3.05, 3.63) is 35.1 Å². The standard InChI is InChI=1S/C13H15FN2O.ClH/c14-12-5-1-4-10-11(12)8-16(13(10)17)9-3-2-6-15-7-9;/h1,4-5,9,15H,2-3,6-8H2;1H/t9-;/m1./s1. The molecule has 0 radical (unpaired) electrons. The predicted molar refractivity (Wildman–Crippen MR) is 69.4 cm³/mol. The lowest BCUT2D eigenvalue weighted by molar-refractivity contribution is 0.0674. The molecule has 0 aliphatic carbocycles. The van der Waals surface area contributed by atoms with E-state index in [1.165, 1.54) is 6.07 Å². The van der Waals surface area contributed by atoms with E-state index in [1.807, 2.05) is 0 Å². The summed E-state index contributed by atoms with van der Waals surface area (Å²) in [7, 11) is 0. The van der Waals surface area contributed by atoms with Gasteiger partial charge in [0.15, 0.2) is 0 Å². The third kappa shape index (κ3) is 2.10. The monoisotopic (exact) mass is 270 g/mol. The van der Waals surface area contributed by atoms with Gasteiger partial charge in [0.05, 0.1) is 6.54 Å². The Labute approximate surface area is 112 Å². The molecule has 98 valence electrons. The lowest BCUT2D eigenvalue weighted by Crippen LogP contribution is -2.46. The zero-order valence-electron chi connectivity index (χ0n) is 9.99. The van der Waals surface area contributed by atoms with Gasteiger partial charge in [-0.05, 0) is 31.5 Å². The first-order valence-corrected chi connectivity index (χ1v) is 6.06. The molecule has 5 heteroatoms. The van der Waals surface area contributed by atoms with E-state index < -0.39 is 0 Å². The van der Waals surface area contributed by atoms with Crippen LogP contribution in [-0.2, 0) is 6.54 Å². The third-order valence-corrected chi connectivity index (χ3v) is 3.65. The molecule has 1 amide bonds. The summed E-state index contributed by atoms with van der Waals surface area (Å²) in [5.41, 5.74) is 1.10. The van der Waals surface area contributed by atoms with Crippen LogP contribution in [0.3, 0.4) is 0 Å². The van der Waals surface area contributed by atoms with Crippen LogP contribution in [0.5, 0.6) is 0 Å². The van der Waals surface area contributed by atoms with Crippen LogP contribution in [0.15, 0.2) is 18.2 Å². The van der Waals surface area contributed by atoms with Gasteiger partial charge in [0.1, 0.15) is 5.82 Å².